The molecular weight excluding hydrogens is 188 g/mol. The SMILES string of the molecule is CC=CCS(=O)(=O)OCC(C)(C)C. The molecule has 0 aromatic carbocycles. The van der Waals surface area contributed by atoms with Crippen LogP contribution < -0.4 is 0 Å². The molecule has 0 saturated carbocycles. The first-order valence-electron chi connectivity index (χ1n) is 4.25. The third-order valence-corrected chi connectivity index (χ3v) is 2.29. The van der Waals surface area contributed by atoms with E-state index in [1.165, 1.54) is 0 Å². The molecule has 0 aliphatic heterocycles. The lowest BCUT2D eigenvalue weighted by Gasteiger charge is -2.17. The number of hydrogen-bond donors (Lipinski definition) is 0. The van der Waals surface area contributed by atoms with Gasteiger partial charge in [0.05, 0.1) is 12.4 Å². The minimum Gasteiger partial charge on any atom is -0.269 e. The maximum absolute atomic E-state index is 11.2. The van der Waals surface area contributed by atoms with Crippen LogP contribution in [0.4, 0.5) is 0 Å². The lowest BCUT2D eigenvalue weighted by Crippen LogP contribution is -2.19. The average molecular weight is 206 g/mol. The minimum absolute atomic E-state index is 0.0421. The van der Waals surface area contributed by atoms with Gasteiger partial charge in [-0.3, -0.25) is 4.18 Å². The smallest absolute Gasteiger partial charge is 0.269 e. The fraction of sp³-hybridized carbons (Fsp3) is 0.778. The van der Waals surface area contributed by atoms with Gasteiger partial charge in [0, 0.05) is 0 Å². The largest absolute Gasteiger partial charge is 0.270 e. The number of hydrogen-bond acceptors (Lipinski definition) is 3. The molecule has 0 saturated heterocycles. The molecule has 0 aliphatic rings. The lowest BCUT2D eigenvalue weighted by molar-refractivity contribution is 0.204. The highest BCUT2D eigenvalue weighted by molar-refractivity contribution is 7.86. The first-order valence-corrected chi connectivity index (χ1v) is 5.83. The first kappa shape index (κ1) is 12.7. The fourth-order valence-corrected chi connectivity index (χ4v) is 1.59. The molecule has 3 nitrogen and oxygen atoms in total. The maximum atomic E-state index is 11.2. The van der Waals surface area contributed by atoms with E-state index in [0.717, 1.165) is 0 Å². The Morgan fingerprint density at radius 3 is 2.23 bits per heavy atom. The van der Waals surface area contributed by atoms with Crippen molar-refractivity contribution in [3.63, 3.8) is 0 Å². The van der Waals surface area contributed by atoms with Crippen LogP contribution in [0.5, 0.6) is 0 Å². The summed E-state index contributed by atoms with van der Waals surface area (Å²) in [7, 11) is -3.36. The first-order chi connectivity index (χ1) is 5.77. The summed E-state index contributed by atoms with van der Waals surface area (Å²) >= 11 is 0. The summed E-state index contributed by atoms with van der Waals surface area (Å²) < 4.78 is 27.1. The molecule has 13 heavy (non-hydrogen) atoms. The molecule has 0 aliphatic carbocycles. The van der Waals surface area contributed by atoms with Gasteiger partial charge in [0.2, 0.25) is 0 Å². The Hall–Kier alpha value is -0.350. The van der Waals surface area contributed by atoms with Crippen LogP contribution in [0.15, 0.2) is 12.2 Å². The van der Waals surface area contributed by atoms with Crippen LogP contribution in [0.3, 0.4) is 0 Å². The molecule has 0 N–H and O–H groups in total. The normalized spacial score (nSPS) is 13.8. The Morgan fingerprint density at radius 2 is 1.85 bits per heavy atom. The van der Waals surface area contributed by atoms with E-state index in [1.807, 2.05) is 20.8 Å². The van der Waals surface area contributed by atoms with Gasteiger partial charge in [0.15, 0.2) is 0 Å². The Balaban J connectivity index is 4.05. The Labute approximate surface area is 80.9 Å². The van der Waals surface area contributed by atoms with Crippen LogP contribution in [0, 0.1) is 5.41 Å². The predicted octanol–water partition coefficient (Wildman–Crippen LogP) is 1.96. The molecule has 0 aromatic rings. The van der Waals surface area contributed by atoms with Crippen molar-refractivity contribution < 1.29 is 12.6 Å². The third kappa shape index (κ3) is 7.99. The van der Waals surface area contributed by atoms with Crippen LogP contribution in [0.25, 0.3) is 0 Å². The third-order valence-electron chi connectivity index (χ3n) is 1.21. The van der Waals surface area contributed by atoms with Crippen molar-refractivity contribution in [2.75, 3.05) is 12.4 Å². The summed E-state index contributed by atoms with van der Waals surface area (Å²) in [4.78, 5) is 0. The van der Waals surface area contributed by atoms with Crippen LogP contribution in [0.2, 0.25) is 0 Å². The van der Waals surface area contributed by atoms with Gasteiger partial charge >= 0.3 is 0 Å². The van der Waals surface area contributed by atoms with E-state index in [4.69, 9.17) is 4.18 Å². The zero-order valence-corrected chi connectivity index (χ0v) is 9.52. The Morgan fingerprint density at radius 1 is 1.31 bits per heavy atom. The number of rotatable bonds is 4. The lowest BCUT2D eigenvalue weighted by atomic mass is 9.99. The van der Waals surface area contributed by atoms with Crippen molar-refractivity contribution in [2.45, 2.75) is 27.7 Å². The van der Waals surface area contributed by atoms with E-state index in [9.17, 15) is 8.42 Å². The van der Waals surface area contributed by atoms with Gasteiger partial charge in [-0.05, 0) is 12.3 Å². The molecule has 0 spiro atoms. The zero-order valence-electron chi connectivity index (χ0n) is 8.70. The van der Waals surface area contributed by atoms with E-state index in [-0.39, 0.29) is 17.8 Å². The Kier molecular flexibility index (Phi) is 4.64. The van der Waals surface area contributed by atoms with Crippen molar-refractivity contribution in [3.8, 4) is 0 Å². The highest BCUT2D eigenvalue weighted by Crippen LogP contribution is 2.14. The number of allylic oxidation sites excluding steroid dienone is 1. The summed E-state index contributed by atoms with van der Waals surface area (Å²) in [5.74, 6) is -0.0421. The van der Waals surface area contributed by atoms with Gasteiger partial charge in [-0.25, -0.2) is 0 Å². The molecule has 0 radical (unpaired) electrons. The van der Waals surface area contributed by atoms with Gasteiger partial charge in [-0.1, -0.05) is 32.9 Å². The van der Waals surface area contributed by atoms with E-state index in [2.05, 4.69) is 0 Å². The highest BCUT2D eigenvalue weighted by Gasteiger charge is 2.16. The van der Waals surface area contributed by atoms with Crippen molar-refractivity contribution in [1.29, 1.82) is 0 Å². The maximum Gasteiger partial charge on any atom is 0.270 e. The topological polar surface area (TPSA) is 43.4 Å². The molecule has 0 heterocycles. The van der Waals surface area contributed by atoms with Crippen molar-refractivity contribution in [3.05, 3.63) is 12.2 Å². The van der Waals surface area contributed by atoms with Crippen LogP contribution in [-0.4, -0.2) is 20.8 Å². The fourth-order valence-electron chi connectivity index (χ4n) is 0.529. The van der Waals surface area contributed by atoms with E-state index in [0.29, 0.717) is 0 Å². The van der Waals surface area contributed by atoms with E-state index >= 15 is 0 Å². The van der Waals surface area contributed by atoms with Crippen molar-refractivity contribution >= 4 is 10.1 Å². The Bertz CT molecular complexity index is 257. The summed E-state index contributed by atoms with van der Waals surface area (Å²) in [5, 5.41) is 0. The van der Waals surface area contributed by atoms with Gasteiger partial charge in [-0.15, -0.1) is 0 Å². The summed E-state index contributed by atoms with van der Waals surface area (Å²) in [6, 6.07) is 0. The quantitative estimate of drug-likeness (QED) is 0.521. The molecule has 0 aromatic heterocycles. The molecule has 0 atom stereocenters. The van der Waals surface area contributed by atoms with E-state index in [1.54, 1.807) is 19.1 Å². The molecule has 78 valence electrons. The summed E-state index contributed by atoms with van der Waals surface area (Å²) in [6.07, 6.45) is 3.26. The summed E-state index contributed by atoms with van der Waals surface area (Å²) in [6.45, 7) is 7.79. The molecule has 0 fully saturated rings. The van der Waals surface area contributed by atoms with E-state index < -0.39 is 10.1 Å². The van der Waals surface area contributed by atoms with Gasteiger partial charge in [0.1, 0.15) is 0 Å². The van der Waals surface area contributed by atoms with Crippen LogP contribution >= 0.6 is 0 Å². The standard InChI is InChI=1S/C9H18O3S/c1-5-6-7-13(10,11)12-8-9(2,3)4/h5-6H,7-8H2,1-4H3. The highest BCUT2D eigenvalue weighted by atomic mass is 32.2. The van der Waals surface area contributed by atoms with Crippen molar-refractivity contribution in [2.24, 2.45) is 5.41 Å². The second-order valence-electron chi connectivity index (χ2n) is 4.12. The zero-order chi connectivity index (χ0) is 10.5. The van der Waals surface area contributed by atoms with Gasteiger partial charge in [-0.2, -0.15) is 8.42 Å². The second-order valence-corrected chi connectivity index (χ2v) is 5.80. The molecule has 0 rings (SSSR count). The molecule has 0 bridgehead atoms. The summed E-state index contributed by atoms with van der Waals surface area (Å²) in [5.41, 5.74) is -0.122. The van der Waals surface area contributed by atoms with Gasteiger partial charge in [0.25, 0.3) is 10.1 Å². The molecule has 4 heteroatoms. The monoisotopic (exact) mass is 206 g/mol. The average Bonchev–Trinajstić information content (AvgIpc) is 1.97. The van der Waals surface area contributed by atoms with Crippen LogP contribution in [0.1, 0.15) is 27.7 Å². The van der Waals surface area contributed by atoms with Crippen molar-refractivity contribution in [1.82, 2.24) is 0 Å². The molecule has 0 amide bonds. The van der Waals surface area contributed by atoms with Gasteiger partial charge < -0.3 is 0 Å². The molecular formula is C9H18O3S. The minimum atomic E-state index is -3.36. The van der Waals surface area contributed by atoms with Crippen LogP contribution in [-0.2, 0) is 14.3 Å². The predicted molar refractivity (Wildman–Crippen MR) is 54.0 cm³/mol. The molecule has 0 unspecified atom stereocenters. The second kappa shape index (κ2) is 4.77.